The summed E-state index contributed by atoms with van der Waals surface area (Å²) in [5.74, 6) is 0.891. The van der Waals surface area contributed by atoms with E-state index < -0.39 is 0 Å². The molecule has 0 heterocycles. The second-order valence-electron chi connectivity index (χ2n) is 3.71. The van der Waals surface area contributed by atoms with E-state index in [1.54, 1.807) is 0 Å². The highest BCUT2D eigenvalue weighted by molar-refractivity contribution is 5.82. The van der Waals surface area contributed by atoms with Crippen molar-refractivity contribution in [2.75, 3.05) is 0 Å². The summed E-state index contributed by atoms with van der Waals surface area (Å²) in [5, 5.41) is 3.63. The van der Waals surface area contributed by atoms with Crippen LogP contribution in [0.5, 0.6) is 0 Å². The van der Waals surface area contributed by atoms with E-state index in [9.17, 15) is 0 Å². The normalized spacial score (nSPS) is 28.6. The minimum Gasteiger partial charge on any atom is -0.326 e. The quantitative estimate of drug-likeness (QED) is 0.405. The number of nitrogens with zero attached hydrogens (tertiary/aromatic N) is 2. The van der Waals surface area contributed by atoms with Crippen molar-refractivity contribution < 1.29 is 0 Å². The van der Waals surface area contributed by atoms with Gasteiger partial charge in [0.25, 0.3) is 0 Å². The third kappa shape index (κ3) is 3.10. The summed E-state index contributed by atoms with van der Waals surface area (Å²) in [7, 11) is 0. The van der Waals surface area contributed by atoms with Crippen LogP contribution in [-0.2, 0) is 0 Å². The van der Waals surface area contributed by atoms with Gasteiger partial charge in [-0.05, 0) is 12.8 Å². The van der Waals surface area contributed by atoms with E-state index in [-0.39, 0.29) is 12.1 Å². The van der Waals surface area contributed by atoms with Crippen molar-refractivity contribution in [3.8, 4) is 0 Å². The van der Waals surface area contributed by atoms with Gasteiger partial charge in [0.1, 0.15) is 5.84 Å². The maximum Gasteiger partial charge on any atom is 0.117 e. The van der Waals surface area contributed by atoms with Crippen LogP contribution in [0.25, 0.3) is 0 Å². The molecular formula is C10H20N4. The van der Waals surface area contributed by atoms with E-state index in [1.165, 1.54) is 12.8 Å². The number of hydrogen-bond donors (Lipinski definition) is 2. The van der Waals surface area contributed by atoms with Crippen LogP contribution in [0.3, 0.4) is 0 Å². The summed E-state index contributed by atoms with van der Waals surface area (Å²) in [6.45, 7) is 5.43. The van der Waals surface area contributed by atoms with Crippen molar-refractivity contribution in [3.05, 3.63) is 0 Å². The molecule has 0 bridgehead atoms. The van der Waals surface area contributed by atoms with Crippen LogP contribution in [0, 0.1) is 0 Å². The first-order valence-corrected chi connectivity index (χ1v) is 5.32. The highest BCUT2D eigenvalue weighted by Gasteiger charge is 2.21. The molecule has 0 saturated heterocycles. The molecule has 4 nitrogen and oxygen atoms in total. The molecule has 0 amide bonds. The Morgan fingerprint density at radius 3 is 2.79 bits per heavy atom. The number of amidine groups is 1. The number of hydrazone groups is 1. The van der Waals surface area contributed by atoms with Crippen molar-refractivity contribution in [2.45, 2.75) is 51.1 Å². The smallest absolute Gasteiger partial charge is 0.117 e. The van der Waals surface area contributed by atoms with Gasteiger partial charge in [-0.3, -0.25) is 10.4 Å². The van der Waals surface area contributed by atoms with E-state index >= 15 is 0 Å². The lowest BCUT2D eigenvalue weighted by Gasteiger charge is -2.25. The molecule has 14 heavy (non-hydrogen) atoms. The third-order valence-corrected chi connectivity index (χ3v) is 2.65. The summed E-state index contributed by atoms with van der Waals surface area (Å²) in [4.78, 5) is 4.57. The summed E-state index contributed by atoms with van der Waals surface area (Å²) in [5.41, 5.74) is 8.81. The molecule has 1 saturated carbocycles. The Balaban J connectivity index is 2.56. The molecule has 1 aliphatic carbocycles. The van der Waals surface area contributed by atoms with Crippen molar-refractivity contribution in [1.82, 2.24) is 5.43 Å². The van der Waals surface area contributed by atoms with Crippen molar-refractivity contribution >= 4 is 12.6 Å². The number of nitrogens with two attached hydrogens (primary N) is 1. The maximum atomic E-state index is 6.00. The molecule has 0 radical (unpaired) electrons. The first-order chi connectivity index (χ1) is 6.77. The Morgan fingerprint density at radius 1 is 1.50 bits per heavy atom. The summed E-state index contributed by atoms with van der Waals surface area (Å²) < 4.78 is 0. The average molecular weight is 196 g/mol. The van der Waals surface area contributed by atoms with Crippen LogP contribution in [0.15, 0.2) is 10.1 Å². The minimum atomic E-state index is 0.219. The number of rotatable bonds is 3. The van der Waals surface area contributed by atoms with Crippen LogP contribution >= 0.6 is 0 Å². The predicted molar refractivity (Wildman–Crippen MR) is 60.6 cm³/mol. The second-order valence-corrected chi connectivity index (χ2v) is 3.71. The summed E-state index contributed by atoms with van der Waals surface area (Å²) >= 11 is 0. The number of aliphatic imine (C=N–C) groups is 1. The molecule has 0 aromatic rings. The average Bonchev–Trinajstić information content (AvgIpc) is 2.20. The molecular weight excluding hydrogens is 176 g/mol. The number of nitrogens with one attached hydrogen (secondary N) is 1. The third-order valence-electron chi connectivity index (χ3n) is 2.65. The number of hydrogen-bond acceptors (Lipinski definition) is 3. The first-order valence-electron chi connectivity index (χ1n) is 5.32. The minimum absolute atomic E-state index is 0.219. The van der Waals surface area contributed by atoms with Gasteiger partial charge in [0.05, 0.1) is 6.04 Å². The Hall–Kier alpha value is -0.900. The van der Waals surface area contributed by atoms with E-state index in [1.807, 2.05) is 6.92 Å². The topological polar surface area (TPSA) is 62.8 Å². The monoisotopic (exact) mass is 196 g/mol. The van der Waals surface area contributed by atoms with Crippen molar-refractivity contribution in [3.63, 3.8) is 0 Å². The zero-order valence-electron chi connectivity index (χ0n) is 8.87. The van der Waals surface area contributed by atoms with Gasteiger partial charge in [-0.1, -0.05) is 19.8 Å². The largest absolute Gasteiger partial charge is 0.326 e. The lowest BCUT2D eigenvalue weighted by molar-refractivity contribution is 0.385. The molecule has 1 fully saturated rings. The molecule has 0 aromatic carbocycles. The van der Waals surface area contributed by atoms with Gasteiger partial charge in [0.15, 0.2) is 0 Å². The Kier molecular flexibility index (Phi) is 4.59. The lowest BCUT2D eigenvalue weighted by Crippen LogP contribution is -2.37. The van der Waals surface area contributed by atoms with Crippen molar-refractivity contribution in [1.29, 1.82) is 0 Å². The second kappa shape index (κ2) is 5.75. The SMILES string of the molecule is C=NNC(CC)=NC1CCCCC1N. The van der Waals surface area contributed by atoms with Crippen LogP contribution in [0.1, 0.15) is 39.0 Å². The van der Waals surface area contributed by atoms with Gasteiger partial charge in [-0.2, -0.15) is 5.10 Å². The molecule has 80 valence electrons. The molecule has 2 unspecified atom stereocenters. The molecule has 0 aliphatic heterocycles. The van der Waals surface area contributed by atoms with Crippen molar-refractivity contribution in [2.24, 2.45) is 15.8 Å². The Bertz CT molecular complexity index is 212. The van der Waals surface area contributed by atoms with E-state index in [2.05, 4.69) is 22.2 Å². The van der Waals surface area contributed by atoms with Gasteiger partial charge in [0.2, 0.25) is 0 Å². The Labute approximate surface area is 85.7 Å². The fourth-order valence-corrected chi connectivity index (χ4v) is 1.79. The molecule has 3 N–H and O–H groups in total. The summed E-state index contributed by atoms with van der Waals surface area (Å²) in [6, 6.07) is 0.491. The molecule has 1 aliphatic rings. The standard InChI is InChI=1S/C10H20N4/c1-3-10(14-12-2)13-9-7-5-4-6-8(9)11/h8-9H,2-7,11H2,1H3,(H,13,14). The predicted octanol–water partition coefficient (Wildman–Crippen LogP) is 1.27. The van der Waals surface area contributed by atoms with Gasteiger partial charge >= 0.3 is 0 Å². The fraction of sp³-hybridized carbons (Fsp3) is 0.800. The lowest BCUT2D eigenvalue weighted by atomic mass is 9.91. The molecule has 0 spiro atoms. The van der Waals surface area contributed by atoms with Crippen LogP contribution in [0.4, 0.5) is 0 Å². The van der Waals surface area contributed by atoms with Gasteiger partial charge in [-0.25, -0.2) is 0 Å². The zero-order valence-corrected chi connectivity index (χ0v) is 8.87. The van der Waals surface area contributed by atoms with Crippen LogP contribution < -0.4 is 11.2 Å². The van der Waals surface area contributed by atoms with E-state index in [0.717, 1.165) is 25.1 Å². The van der Waals surface area contributed by atoms with Gasteiger partial charge < -0.3 is 5.73 Å². The van der Waals surface area contributed by atoms with E-state index in [4.69, 9.17) is 5.73 Å². The first kappa shape index (κ1) is 11.2. The zero-order chi connectivity index (χ0) is 10.4. The van der Waals surface area contributed by atoms with E-state index in [0.29, 0.717) is 0 Å². The summed E-state index contributed by atoms with van der Waals surface area (Å²) in [6.07, 6.45) is 5.51. The van der Waals surface area contributed by atoms with Gasteiger partial charge in [0, 0.05) is 19.2 Å². The maximum absolute atomic E-state index is 6.00. The molecule has 1 rings (SSSR count). The van der Waals surface area contributed by atoms with Gasteiger partial charge in [-0.15, -0.1) is 0 Å². The van der Waals surface area contributed by atoms with Crippen LogP contribution in [-0.4, -0.2) is 24.6 Å². The molecule has 0 aromatic heterocycles. The fourth-order valence-electron chi connectivity index (χ4n) is 1.79. The molecule has 4 heteroatoms. The highest BCUT2D eigenvalue weighted by atomic mass is 15.3. The molecule has 2 atom stereocenters. The Morgan fingerprint density at radius 2 is 2.21 bits per heavy atom. The highest BCUT2D eigenvalue weighted by Crippen LogP contribution is 2.19. The van der Waals surface area contributed by atoms with Crippen LogP contribution in [0.2, 0.25) is 0 Å².